The van der Waals surface area contributed by atoms with Crippen LogP contribution in [0.5, 0.6) is 0 Å². The first-order valence-corrected chi connectivity index (χ1v) is 8.26. The van der Waals surface area contributed by atoms with E-state index in [2.05, 4.69) is 25.7 Å². The number of hydrogen-bond donors (Lipinski definition) is 2. The third-order valence-corrected chi connectivity index (χ3v) is 3.82. The second-order valence-corrected chi connectivity index (χ2v) is 6.22. The lowest BCUT2D eigenvalue weighted by atomic mass is 10.1. The van der Waals surface area contributed by atoms with Crippen molar-refractivity contribution in [1.29, 1.82) is 0 Å². The van der Waals surface area contributed by atoms with Gasteiger partial charge in [0.1, 0.15) is 0 Å². The average Bonchev–Trinajstić information content (AvgIpc) is 3.23. The van der Waals surface area contributed by atoms with Gasteiger partial charge in [-0.3, -0.25) is 9.89 Å². The summed E-state index contributed by atoms with van der Waals surface area (Å²) in [4.78, 5) is 12.1. The van der Waals surface area contributed by atoms with Gasteiger partial charge in [0.15, 0.2) is 5.82 Å². The van der Waals surface area contributed by atoms with Crippen LogP contribution in [0, 0.1) is 6.92 Å². The molecular weight excluding hydrogens is 318 g/mol. The minimum absolute atomic E-state index is 0.146. The predicted octanol–water partition coefficient (Wildman–Crippen LogP) is 3.46. The highest BCUT2D eigenvalue weighted by molar-refractivity contribution is 5.90. The van der Waals surface area contributed by atoms with Crippen LogP contribution in [0.15, 0.2) is 34.7 Å². The number of benzene rings is 1. The molecule has 2 heterocycles. The van der Waals surface area contributed by atoms with Crippen molar-refractivity contribution in [1.82, 2.24) is 20.4 Å². The second-order valence-electron chi connectivity index (χ2n) is 6.22. The van der Waals surface area contributed by atoms with Gasteiger partial charge in [-0.05, 0) is 12.5 Å². The predicted molar refractivity (Wildman–Crippen MR) is 94.1 cm³/mol. The smallest absolute Gasteiger partial charge is 0.226 e. The first-order valence-electron chi connectivity index (χ1n) is 8.26. The number of anilines is 1. The Kier molecular flexibility index (Phi) is 4.92. The number of aryl methyl sites for hydroxylation is 2. The van der Waals surface area contributed by atoms with Gasteiger partial charge in [-0.1, -0.05) is 38.1 Å². The zero-order valence-electron chi connectivity index (χ0n) is 14.5. The summed E-state index contributed by atoms with van der Waals surface area (Å²) < 4.78 is 5.50. The van der Waals surface area contributed by atoms with E-state index in [0.717, 1.165) is 16.8 Å². The second kappa shape index (κ2) is 7.29. The van der Waals surface area contributed by atoms with Gasteiger partial charge in [-0.2, -0.15) is 5.10 Å². The molecule has 3 aromatic rings. The number of hydrogen-bond acceptors (Lipinski definition) is 5. The van der Waals surface area contributed by atoms with Crippen molar-refractivity contribution < 1.29 is 9.21 Å². The summed E-state index contributed by atoms with van der Waals surface area (Å²) in [5.74, 6) is 1.59. The molecule has 0 aliphatic carbocycles. The van der Waals surface area contributed by atoms with Gasteiger partial charge in [0, 0.05) is 30.4 Å². The minimum Gasteiger partial charge on any atom is -0.425 e. The molecule has 0 aliphatic rings. The Hall–Kier alpha value is -2.96. The third kappa shape index (κ3) is 4.12. The summed E-state index contributed by atoms with van der Waals surface area (Å²) in [5.41, 5.74) is 3.07. The maximum Gasteiger partial charge on any atom is 0.226 e. The molecule has 7 heteroatoms. The van der Waals surface area contributed by atoms with E-state index in [1.165, 1.54) is 0 Å². The Labute approximate surface area is 145 Å². The fourth-order valence-electron chi connectivity index (χ4n) is 2.43. The van der Waals surface area contributed by atoms with Gasteiger partial charge in [0.2, 0.25) is 17.7 Å². The maximum atomic E-state index is 12.1. The summed E-state index contributed by atoms with van der Waals surface area (Å²) in [6.45, 7) is 5.99. The largest absolute Gasteiger partial charge is 0.425 e. The molecular formula is C18H21N5O2. The van der Waals surface area contributed by atoms with Crippen molar-refractivity contribution in [3.8, 4) is 11.3 Å². The molecule has 0 saturated carbocycles. The monoisotopic (exact) mass is 339 g/mol. The number of carbonyl (C=O) groups excluding carboxylic acids is 1. The molecule has 0 spiro atoms. The average molecular weight is 339 g/mol. The zero-order valence-corrected chi connectivity index (χ0v) is 14.5. The molecule has 2 aromatic heterocycles. The van der Waals surface area contributed by atoms with Crippen LogP contribution in [0.4, 0.5) is 5.82 Å². The van der Waals surface area contributed by atoms with Crippen LogP contribution >= 0.6 is 0 Å². The molecule has 0 atom stereocenters. The number of amides is 1. The first kappa shape index (κ1) is 16.9. The number of nitrogens with one attached hydrogen (secondary N) is 2. The molecule has 3 rings (SSSR count). The van der Waals surface area contributed by atoms with Crippen LogP contribution in [-0.4, -0.2) is 26.3 Å². The molecule has 1 amide bonds. The minimum atomic E-state index is -0.146. The van der Waals surface area contributed by atoms with E-state index in [1.54, 1.807) is 0 Å². The fraction of sp³-hybridized carbons (Fsp3) is 0.333. The van der Waals surface area contributed by atoms with E-state index >= 15 is 0 Å². The molecule has 0 fully saturated rings. The molecule has 0 aliphatic heterocycles. The highest BCUT2D eigenvalue weighted by Crippen LogP contribution is 2.23. The summed E-state index contributed by atoms with van der Waals surface area (Å²) in [5, 5.41) is 17.8. The van der Waals surface area contributed by atoms with Crippen molar-refractivity contribution >= 4 is 11.7 Å². The molecule has 0 bridgehead atoms. The Balaban J connectivity index is 1.57. The van der Waals surface area contributed by atoms with Crippen molar-refractivity contribution in [3.05, 3.63) is 47.7 Å². The molecule has 1 aromatic carbocycles. The van der Waals surface area contributed by atoms with Crippen LogP contribution in [0.25, 0.3) is 11.3 Å². The van der Waals surface area contributed by atoms with Crippen LogP contribution in [-0.2, 0) is 11.2 Å². The standard InChI is InChI=1S/C18H21N5O2/c1-11(2)18-23-22-17(25-18)9-8-16(24)19-15-10-14(20-21-15)13-7-5-4-6-12(13)3/h4-7,10-11H,8-9H2,1-3H3,(H2,19,20,21,24). The van der Waals surface area contributed by atoms with Crippen molar-refractivity contribution in [3.63, 3.8) is 0 Å². The Morgan fingerprint density at radius 1 is 1.28 bits per heavy atom. The van der Waals surface area contributed by atoms with Crippen LogP contribution in [0.1, 0.15) is 43.5 Å². The van der Waals surface area contributed by atoms with Crippen molar-refractivity contribution in [2.75, 3.05) is 5.32 Å². The van der Waals surface area contributed by atoms with Gasteiger partial charge < -0.3 is 9.73 Å². The fourth-order valence-corrected chi connectivity index (χ4v) is 2.43. The normalized spacial score (nSPS) is 11.0. The van der Waals surface area contributed by atoms with Crippen molar-refractivity contribution in [2.24, 2.45) is 0 Å². The molecule has 0 radical (unpaired) electrons. The first-order chi connectivity index (χ1) is 12.0. The van der Waals surface area contributed by atoms with E-state index in [0.29, 0.717) is 24.0 Å². The molecule has 130 valence electrons. The summed E-state index contributed by atoms with van der Waals surface area (Å²) in [6.07, 6.45) is 0.660. The van der Waals surface area contributed by atoms with Crippen LogP contribution in [0.3, 0.4) is 0 Å². The SMILES string of the molecule is Cc1ccccc1-c1cc(NC(=O)CCc2nnc(C(C)C)o2)n[nH]1. The van der Waals surface area contributed by atoms with E-state index in [9.17, 15) is 4.79 Å². The van der Waals surface area contributed by atoms with Crippen LogP contribution in [0.2, 0.25) is 0 Å². The molecule has 0 unspecified atom stereocenters. The quantitative estimate of drug-likeness (QED) is 0.717. The lowest BCUT2D eigenvalue weighted by Gasteiger charge is -2.01. The Bertz CT molecular complexity index is 866. The van der Waals surface area contributed by atoms with E-state index in [-0.39, 0.29) is 18.2 Å². The lowest BCUT2D eigenvalue weighted by molar-refractivity contribution is -0.116. The number of aromatic nitrogens is 4. The topological polar surface area (TPSA) is 96.7 Å². The van der Waals surface area contributed by atoms with Gasteiger partial charge in [-0.15, -0.1) is 10.2 Å². The van der Waals surface area contributed by atoms with Gasteiger partial charge in [-0.25, -0.2) is 0 Å². The summed E-state index contributed by atoms with van der Waals surface area (Å²) >= 11 is 0. The van der Waals surface area contributed by atoms with E-state index < -0.39 is 0 Å². The number of nitrogens with zero attached hydrogens (tertiary/aromatic N) is 3. The third-order valence-electron chi connectivity index (χ3n) is 3.82. The molecule has 2 N–H and O–H groups in total. The number of H-pyrrole nitrogens is 1. The maximum absolute atomic E-state index is 12.1. The van der Waals surface area contributed by atoms with E-state index in [1.807, 2.05) is 51.1 Å². The zero-order chi connectivity index (χ0) is 17.8. The van der Waals surface area contributed by atoms with Crippen LogP contribution < -0.4 is 5.32 Å². The highest BCUT2D eigenvalue weighted by atomic mass is 16.4. The lowest BCUT2D eigenvalue weighted by Crippen LogP contribution is -2.12. The van der Waals surface area contributed by atoms with Gasteiger partial charge >= 0.3 is 0 Å². The summed E-state index contributed by atoms with van der Waals surface area (Å²) in [7, 11) is 0. The number of rotatable bonds is 6. The number of aromatic amines is 1. The molecule has 0 saturated heterocycles. The highest BCUT2D eigenvalue weighted by Gasteiger charge is 2.13. The molecule has 25 heavy (non-hydrogen) atoms. The Morgan fingerprint density at radius 3 is 2.80 bits per heavy atom. The Morgan fingerprint density at radius 2 is 2.08 bits per heavy atom. The van der Waals surface area contributed by atoms with Gasteiger partial charge in [0.25, 0.3) is 0 Å². The molecule has 7 nitrogen and oxygen atoms in total. The number of carbonyl (C=O) groups is 1. The van der Waals surface area contributed by atoms with E-state index in [4.69, 9.17) is 4.42 Å². The van der Waals surface area contributed by atoms with Crippen molar-refractivity contribution in [2.45, 2.75) is 39.5 Å². The van der Waals surface area contributed by atoms with Gasteiger partial charge in [0.05, 0.1) is 5.69 Å². The summed E-state index contributed by atoms with van der Waals surface area (Å²) in [6, 6.07) is 9.82.